The quantitative estimate of drug-likeness (QED) is 0.616. The highest BCUT2D eigenvalue weighted by Gasteiger charge is 2.31. The molecule has 1 aliphatic carbocycles. The first-order valence-electron chi connectivity index (χ1n) is 6.74. The maximum atomic E-state index is 12.0. The van der Waals surface area contributed by atoms with Crippen LogP contribution in [0.3, 0.4) is 0 Å². The van der Waals surface area contributed by atoms with Gasteiger partial charge in [0, 0.05) is 19.0 Å². The first kappa shape index (κ1) is 14.0. The Hall–Kier alpha value is -1.05. The first-order chi connectivity index (χ1) is 8.15. The Morgan fingerprint density at radius 3 is 2.59 bits per heavy atom. The lowest BCUT2D eigenvalue weighted by Gasteiger charge is -2.21. The molecule has 96 valence electrons. The van der Waals surface area contributed by atoms with Crippen LogP contribution >= 0.6 is 0 Å². The van der Waals surface area contributed by atoms with Gasteiger partial charge in [0.15, 0.2) is 0 Å². The van der Waals surface area contributed by atoms with Gasteiger partial charge in [0.05, 0.1) is 0 Å². The molecule has 1 saturated carbocycles. The van der Waals surface area contributed by atoms with Gasteiger partial charge >= 0.3 is 0 Å². The first-order valence-corrected chi connectivity index (χ1v) is 6.74. The van der Waals surface area contributed by atoms with Crippen molar-refractivity contribution in [2.45, 2.75) is 58.9 Å². The third-order valence-electron chi connectivity index (χ3n) is 2.86. The van der Waals surface area contributed by atoms with E-state index in [0.717, 1.165) is 19.4 Å². The monoisotopic (exact) mass is 235 g/mol. The molecule has 0 aromatic carbocycles. The molecule has 0 saturated heterocycles. The normalized spacial score (nSPS) is 15.0. The molecule has 2 heteroatoms. The van der Waals surface area contributed by atoms with Gasteiger partial charge in [0.1, 0.15) is 0 Å². The molecular formula is C15H25NO. The summed E-state index contributed by atoms with van der Waals surface area (Å²) in [5.74, 6) is 0.330. The van der Waals surface area contributed by atoms with E-state index in [9.17, 15) is 4.79 Å². The number of hydrogen-bond acceptors (Lipinski definition) is 1. The number of nitrogens with zero attached hydrogens (tertiary/aromatic N) is 1. The summed E-state index contributed by atoms with van der Waals surface area (Å²) in [6, 6.07) is 0.559. The summed E-state index contributed by atoms with van der Waals surface area (Å²) in [6.07, 6.45) is 11.2. The van der Waals surface area contributed by atoms with Crippen LogP contribution < -0.4 is 0 Å². The van der Waals surface area contributed by atoms with E-state index in [4.69, 9.17) is 0 Å². The molecular weight excluding hydrogens is 210 g/mol. The van der Waals surface area contributed by atoms with Crippen molar-refractivity contribution in [2.24, 2.45) is 0 Å². The van der Waals surface area contributed by atoms with Gasteiger partial charge in [-0.25, -0.2) is 0 Å². The van der Waals surface area contributed by atoms with Crippen molar-refractivity contribution in [3.63, 3.8) is 0 Å². The lowest BCUT2D eigenvalue weighted by molar-refractivity contribution is -0.131. The van der Waals surface area contributed by atoms with Gasteiger partial charge in [-0.15, -0.1) is 0 Å². The SMILES string of the molecule is CCCN(C(=O)CC/C=C\C=C(C)C)C1CC1. The topological polar surface area (TPSA) is 20.3 Å². The van der Waals surface area contributed by atoms with Crippen LogP contribution in [0, 0.1) is 0 Å². The molecule has 0 atom stereocenters. The van der Waals surface area contributed by atoms with Crippen molar-refractivity contribution >= 4 is 5.91 Å². The largest absolute Gasteiger partial charge is 0.340 e. The van der Waals surface area contributed by atoms with Crippen LogP contribution in [0.4, 0.5) is 0 Å². The van der Waals surface area contributed by atoms with Crippen LogP contribution in [0.5, 0.6) is 0 Å². The lowest BCUT2D eigenvalue weighted by Crippen LogP contribution is -2.33. The zero-order valence-corrected chi connectivity index (χ0v) is 11.4. The van der Waals surface area contributed by atoms with Gasteiger partial charge < -0.3 is 4.90 Å². The molecule has 2 nitrogen and oxygen atoms in total. The maximum Gasteiger partial charge on any atom is 0.223 e. The fourth-order valence-electron chi connectivity index (χ4n) is 1.85. The molecule has 1 amide bonds. The highest BCUT2D eigenvalue weighted by Crippen LogP contribution is 2.27. The summed E-state index contributed by atoms with van der Waals surface area (Å²) in [6.45, 7) is 7.22. The molecule has 1 rings (SSSR count). The van der Waals surface area contributed by atoms with Crippen molar-refractivity contribution in [2.75, 3.05) is 6.54 Å². The predicted molar refractivity (Wildman–Crippen MR) is 72.8 cm³/mol. The number of hydrogen-bond donors (Lipinski definition) is 0. The Kier molecular flexibility index (Phi) is 6.03. The summed E-state index contributed by atoms with van der Waals surface area (Å²) in [7, 11) is 0. The molecule has 0 spiro atoms. The smallest absolute Gasteiger partial charge is 0.223 e. The summed E-state index contributed by atoms with van der Waals surface area (Å²) in [5, 5.41) is 0. The number of amides is 1. The summed E-state index contributed by atoms with van der Waals surface area (Å²) >= 11 is 0. The molecule has 1 aliphatic rings. The number of carbonyl (C=O) groups excluding carboxylic acids is 1. The lowest BCUT2D eigenvalue weighted by atomic mass is 10.2. The average molecular weight is 235 g/mol. The second-order valence-corrected chi connectivity index (χ2v) is 5.03. The van der Waals surface area contributed by atoms with E-state index in [-0.39, 0.29) is 0 Å². The molecule has 1 fully saturated rings. The highest BCUT2D eigenvalue weighted by atomic mass is 16.2. The van der Waals surface area contributed by atoms with Gasteiger partial charge in [-0.1, -0.05) is 30.7 Å². The Morgan fingerprint density at radius 1 is 1.35 bits per heavy atom. The average Bonchev–Trinajstić information content (AvgIpc) is 3.08. The number of carbonyl (C=O) groups is 1. The molecule has 0 heterocycles. The van der Waals surface area contributed by atoms with Crippen LogP contribution in [-0.4, -0.2) is 23.4 Å². The van der Waals surface area contributed by atoms with E-state index >= 15 is 0 Å². The minimum Gasteiger partial charge on any atom is -0.340 e. The van der Waals surface area contributed by atoms with E-state index in [0.29, 0.717) is 18.4 Å². The predicted octanol–water partition coefficient (Wildman–Crippen LogP) is 3.69. The Labute approximate surface area is 105 Å². The minimum absolute atomic E-state index is 0.330. The van der Waals surface area contributed by atoms with Crippen molar-refractivity contribution in [1.29, 1.82) is 0 Å². The van der Waals surface area contributed by atoms with Gasteiger partial charge in [-0.05, 0) is 39.5 Å². The van der Waals surface area contributed by atoms with Crippen LogP contribution in [0.25, 0.3) is 0 Å². The van der Waals surface area contributed by atoms with Gasteiger partial charge in [-0.3, -0.25) is 4.79 Å². The van der Waals surface area contributed by atoms with E-state index in [1.807, 2.05) is 6.08 Å². The van der Waals surface area contributed by atoms with Crippen LogP contribution in [0.2, 0.25) is 0 Å². The fraction of sp³-hybridized carbons (Fsp3) is 0.667. The van der Waals surface area contributed by atoms with Gasteiger partial charge in [0.2, 0.25) is 5.91 Å². The minimum atomic E-state index is 0.330. The molecule has 0 bridgehead atoms. The Morgan fingerprint density at radius 2 is 2.06 bits per heavy atom. The molecule has 17 heavy (non-hydrogen) atoms. The molecule has 0 unspecified atom stereocenters. The zero-order valence-electron chi connectivity index (χ0n) is 11.4. The molecule has 0 radical (unpaired) electrons. The number of rotatable bonds is 7. The van der Waals surface area contributed by atoms with E-state index in [2.05, 4.69) is 37.8 Å². The molecule has 0 N–H and O–H groups in total. The summed E-state index contributed by atoms with van der Waals surface area (Å²) in [5.41, 5.74) is 1.29. The van der Waals surface area contributed by atoms with Crippen LogP contribution in [0.15, 0.2) is 23.8 Å². The van der Waals surface area contributed by atoms with Gasteiger partial charge in [0.25, 0.3) is 0 Å². The zero-order chi connectivity index (χ0) is 12.7. The van der Waals surface area contributed by atoms with Crippen LogP contribution in [-0.2, 0) is 4.79 Å². The standard InChI is InChI=1S/C15H25NO/c1-4-12-16(14-10-11-14)15(17)9-7-5-6-8-13(2)3/h5-6,8,14H,4,7,9-12H2,1-3H3/b6-5-. The second-order valence-electron chi connectivity index (χ2n) is 5.03. The van der Waals surface area contributed by atoms with E-state index in [1.165, 1.54) is 18.4 Å². The summed E-state index contributed by atoms with van der Waals surface area (Å²) < 4.78 is 0. The van der Waals surface area contributed by atoms with Crippen molar-refractivity contribution in [3.8, 4) is 0 Å². The summed E-state index contributed by atoms with van der Waals surface area (Å²) in [4.78, 5) is 14.1. The Balaban J connectivity index is 2.27. The van der Waals surface area contributed by atoms with Crippen molar-refractivity contribution in [1.82, 2.24) is 4.90 Å². The van der Waals surface area contributed by atoms with Gasteiger partial charge in [-0.2, -0.15) is 0 Å². The van der Waals surface area contributed by atoms with Crippen LogP contribution in [0.1, 0.15) is 52.9 Å². The van der Waals surface area contributed by atoms with Crippen molar-refractivity contribution < 1.29 is 4.79 Å². The molecule has 0 aliphatic heterocycles. The fourth-order valence-corrected chi connectivity index (χ4v) is 1.85. The molecule has 0 aromatic rings. The number of allylic oxidation sites excluding steroid dienone is 4. The van der Waals surface area contributed by atoms with E-state index in [1.54, 1.807) is 0 Å². The Bertz CT molecular complexity index is 296. The third kappa shape index (κ3) is 5.71. The second kappa shape index (κ2) is 7.31. The van der Waals surface area contributed by atoms with Crippen molar-refractivity contribution in [3.05, 3.63) is 23.8 Å². The molecule has 0 aromatic heterocycles. The maximum absolute atomic E-state index is 12.0. The van der Waals surface area contributed by atoms with E-state index < -0.39 is 0 Å². The highest BCUT2D eigenvalue weighted by molar-refractivity contribution is 5.77. The third-order valence-corrected chi connectivity index (χ3v) is 2.86.